The minimum atomic E-state index is -0.786. The van der Waals surface area contributed by atoms with Gasteiger partial charge in [-0.2, -0.15) is 0 Å². The maximum Gasteiger partial charge on any atom is 0.307 e. The zero-order chi connectivity index (χ0) is 15.4. The number of hydrogen-bond donors (Lipinski definition) is 1. The fourth-order valence-electron chi connectivity index (χ4n) is 5.06. The van der Waals surface area contributed by atoms with Crippen LogP contribution in [-0.2, 0) is 16.0 Å². The first kappa shape index (κ1) is 13.8. The van der Waals surface area contributed by atoms with Crippen LogP contribution in [0.2, 0.25) is 0 Å². The van der Waals surface area contributed by atoms with Crippen LogP contribution in [0.4, 0.5) is 5.69 Å². The first-order valence-corrected chi connectivity index (χ1v) is 8.21. The number of carbonyl (C=O) groups excluding carboxylic acids is 1. The fourth-order valence-corrected chi connectivity index (χ4v) is 5.06. The van der Waals surface area contributed by atoms with E-state index < -0.39 is 11.9 Å². The average Bonchev–Trinajstić information content (AvgIpc) is 3.17. The lowest BCUT2D eigenvalue weighted by Crippen LogP contribution is -2.46. The lowest BCUT2D eigenvalue weighted by molar-refractivity contribution is -0.149. The highest BCUT2D eigenvalue weighted by atomic mass is 16.4. The van der Waals surface area contributed by atoms with E-state index >= 15 is 0 Å². The molecule has 2 fully saturated rings. The highest BCUT2D eigenvalue weighted by Crippen LogP contribution is 2.53. The number of aliphatic carboxylic acids is 1. The molecule has 3 aliphatic rings. The summed E-state index contributed by atoms with van der Waals surface area (Å²) in [6, 6.07) is 8.12. The molecule has 5 atom stereocenters. The minimum absolute atomic E-state index is 0.0389. The Balaban J connectivity index is 1.68. The number of amides is 1. The van der Waals surface area contributed by atoms with Gasteiger partial charge in [0.05, 0.1) is 11.8 Å². The topological polar surface area (TPSA) is 57.6 Å². The van der Waals surface area contributed by atoms with Gasteiger partial charge in [0.2, 0.25) is 5.91 Å². The molecule has 1 N–H and O–H groups in total. The maximum atomic E-state index is 13.2. The Hall–Kier alpha value is -1.84. The summed E-state index contributed by atoms with van der Waals surface area (Å²) in [5, 5.41) is 9.59. The number of para-hydroxylation sites is 1. The van der Waals surface area contributed by atoms with E-state index in [1.807, 2.05) is 23.1 Å². The summed E-state index contributed by atoms with van der Waals surface area (Å²) in [5.74, 6) is -1.10. The van der Waals surface area contributed by atoms with E-state index in [4.69, 9.17) is 0 Å². The highest BCUT2D eigenvalue weighted by Gasteiger charge is 2.55. The van der Waals surface area contributed by atoms with E-state index in [2.05, 4.69) is 13.0 Å². The molecule has 4 heteroatoms. The summed E-state index contributed by atoms with van der Waals surface area (Å²) in [5.41, 5.74) is 2.17. The van der Waals surface area contributed by atoms with E-state index in [0.717, 1.165) is 31.4 Å². The molecule has 116 valence electrons. The zero-order valence-corrected chi connectivity index (χ0v) is 12.7. The number of carboxylic acid groups (broad SMARTS) is 1. The SMILES string of the molecule is C[C@@H]1Cc2ccccc2N1C(=O)[C@@H]1[C@@H]2CC[C@@H](C2)[C@@H]1C(=O)O. The van der Waals surface area contributed by atoms with Crippen molar-refractivity contribution in [3.05, 3.63) is 29.8 Å². The van der Waals surface area contributed by atoms with Crippen molar-refractivity contribution in [2.24, 2.45) is 23.7 Å². The summed E-state index contributed by atoms with van der Waals surface area (Å²) in [6.07, 6.45) is 3.75. The number of hydrogen-bond acceptors (Lipinski definition) is 2. The largest absolute Gasteiger partial charge is 0.481 e. The molecule has 4 nitrogen and oxygen atoms in total. The quantitative estimate of drug-likeness (QED) is 0.913. The van der Waals surface area contributed by atoms with Crippen LogP contribution in [0.3, 0.4) is 0 Å². The Morgan fingerprint density at radius 2 is 1.82 bits per heavy atom. The van der Waals surface area contributed by atoms with E-state index in [1.54, 1.807) is 0 Å². The highest BCUT2D eigenvalue weighted by molar-refractivity contribution is 6.00. The number of benzene rings is 1. The Kier molecular flexibility index (Phi) is 3.03. The molecule has 1 heterocycles. The molecule has 1 aliphatic heterocycles. The molecule has 2 saturated carbocycles. The van der Waals surface area contributed by atoms with Gasteiger partial charge in [-0.1, -0.05) is 18.2 Å². The molecule has 4 rings (SSSR count). The molecular weight excluding hydrogens is 278 g/mol. The van der Waals surface area contributed by atoms with Gasteiger partial charge in [-0.3, -0.25) is 9.59 Å². The van der Waals surface area contributed by atoms with Crippen LogP contribution in [0.5, 0.6) is 0 Å². The van der Waals surface area contributed by atoms with Gasteiger partial charge in [0.15, 0.2) is 0 Å². The van der Waals surface area contributed by atoms with E-state index in [-0.39, 0.29) is 29.7 Å². The normalized spacial score (nSPS) is 35.7. The van der Waals surface area contributed by atoms with Crippen LogP contribution in [0.15, 0.2) is 24.3 Å². The first-order chi connectivity index (χ1) is 10.6. The van der Waals surface area contributed by atoms with Crippen molar-refractivity contribution >= 4 is 17.6 Å². The molecule has 1 amide bonds. The van der Waals surface area contributed by atoms with Crippen molar-refractivity contribution in [1.82, 2.24) is 0 Å². The summed E-state index contributed by atoms with van der Waals surface area (Å²) >= 11 is 0. The van der Waals surface area contributed by atoms with Crippen molar-refractivity contribution in [3.8, 4) is 0 Å². The van der Waals surface area contributed by atoms with Crippen molar-refractivity contribution < 1.29 is 14.7 Å². The molecular formula is C18H21NO3. The third kappa shape index (κ3) is 1.82. The second-order valence-electron chi connectivity index (χ2n) is 7.11. The van der Waals surface area contributed by atoms with Gasteiger partial charge in [-0.05, 0) is 56.1 Å². The monoisotopic (exact) mass is 299 g/mol. The van der Waals surface area contributed by atoms with Crippen molar-refractivity contribution in [1.29, 1.82) is 0 Å². The van der Waals surface area contributed by atoms with Gasteiger partial charge in [-0.15, -0.1) is 0 Å². The van der Waals surface area contributed by atoms with E-state index in [9.17, 15) is 14.7 Å². The number of nitrogens with zero attached hydrogens (tertiary/aromatic N) is 1. The molecule has 0 spiro atoms. The fraction of sp³-hybridized carbons (Fsp3) is 0.556. The van der Waals surface area contributed by atoms with Crippen LogP contribution in [0, 0.1) is 23.7 Å². The molecule has 0 radical (unpaired) electrons. The lowest BCUT2D eigenvalue weighted by atomic mass is 9.78. The maximum absolute atomic E-state index is 13.2. The smallest absolute Gasteiger partial charge is 0.307 e. The zero-order valence-electron chi connectivity index (χ0n) is 12.7. The number of anilines is 1. The molecule has 22 heavy (non-hydrogen) atoms. The summed E-state index contributed by atoms with van der Waals surface area (Å²) < 4.78 is 0. The lowest BCUT2D eigenvalue weighted by Gasteiger charge is -2.33. The standard InChI is InChI=1S/C18H21NO3/c1-10-8-11-4-2-3-5-14(11)19(10)17(20)15-12-6-7-13(9-12)16(15)18(21)22/h2-5,10,12-13,15-16H,6-9H2,1H3,(H,21,22)/t10-,12-,13+,15-,16+/m1/s1. The van der Waals surface area contributed by atoms with Gasteiger partial charge in [-0.25, -0.2) is 0 Å². The predicted octanol–water partition coefficient (Wildman–Crippen LogP) is 2.71. The van der Waals surface area contributed by atoms with Crippen LogP contribution >= 0.6 is 0 Å². The average molecular weight is 299 g/mol. The van der Waals surface area contributed by atoms with Crippen molar-refractivity contribution in [2.45, 2.75) is 38.6 Å². The minimum Gasteiger partial charge on any atom is -0.481 e. The van der Waals surface area contributed by atoms with Crippen LogP contribution in [-0.4, -0.2) is 23.0 Å². The van der Waals surface area contributed by atoms with Gasteiger partial charge in [0.1, 0.15) is 0 Å². The third-order valence-electron chi connectivity index (χ3n) is 5.93. The summed E-state index contributed by atoms with van der Waals surface area (Å²) in [4.78, 5) is 26.7. The number of rotatable bonds is 2. The second-order valence-corrected chi connectivity index (χ2v) is 7.11. The Morgan fingerprint density at radius 1 is 1.14 bits per heavy atom. The Morgan fingerprint density at radius 3 is 2.55 bits per heavy atom. The molecule has 2 aliphatic carbocycles. The van der Waals surface area contributed by atoms with Gasteiger partial charge in [0, 0.05) is 11.7 Å². The van der Waals surface area contributed by atoms with Crippen LogP contribution in [0.1, 0.15) is 31.7 Å². The first-order valence-electron chi connectivity index (χ1n) is 8.21. The van der Waals surface area contributed by atoms with Crippen LogP contribution in [0.25, 0.3) is 0 Å². The molecule has 2 bridgehead atoms. The van der Waals surface area contributed by atoms with Crippen molar-refractivity contribution in [2.75, 3.05) is 4.90 Å². The number of fused-ring (bicyclic) bond motifs is 3. The molecule has 0 aromatic heterocycles. The molecule has 1 aromatic carbocycles. The van der Waals surface area contributed by atoms with Gasteiger partial charge >= 0.3 is 5.97 Å². The summed E-state index contributed by atoms with van der Waals surface area (Å²) in [7, 11) is 0. The van der Waals surface area contributed by atoms with Gasteiger partial charge < -0.3 is 10.0 Å². The van der Waals surface area contributed by atoms with Gasteiger partial charge in [0.25, 0.3) is 0 Å². The molecule has 0 saturated heterocycles. The summed E-state index contributed by atoms with van der Waals surface area (Å²) in [6.45, 7) is 2.06. The Bertz CT molecular complexity index is 641. The molecule has 0 unspecified atom stereocenters. The van der Waals surface area contributed by atoms with E-state index in [1.165, 1.54) is 5.56 Å². The predicted molar refractivity (Wildman–Crippen MR) is 82.5 cm³/mol. The Labute approximate surface area is 130 Å². The van der Waals surface area contributed by atoms with Crippen molar-refractivity contribution in [3.63, 3.8) is 0 Å². The second kappa shape index (κ2) is 4.83. The van der Waals surface area contributed by atoms with Crippen LogP contribution < -0.4 is 4.90 Å². The number of carbonyl (C=O) groups is 2. The molecule has 1 aromatic rings. The number of carboxylic acids is 1. The van der Waals surface area contributed by atoms with E-state index in [0.29, 0.717) is 0 Å². The third-order valence-corrected chi connectivity index (χ3v) is 5.93.